The zero-order chi connectivity index (χ0) is 72.2. The van der Waals surface area contributed by atoms with Crippen LogP contribution in [0.3, 0.4) is 0 Å². The summed E-state index contributed by atoms with van der Waals surface area (Å²) < 4.78 is 0. The van der Waals surface area contributed by atoms with Gasteiger partial charge in [0.15, 0.2) is 17.5 Å². The van der Waals surface area contributed by atoms with E-state index in [1.54, 1.807) is 0 Å². The van der Waals surface area contributed by atoms with Crippen molar-refractivity contribution in [3.8, 4) is 179 Å². The average Bonchev–Trinajstić information content (AvgIpc) is 1.51. The summed E-state index contributed by atoms with van der Waals surface area (Å²) in [6, 6.07) is 152. The van der Waals surface area contributed by atoms with Gasteiger partial charge in [-0.25, -0.2) is 15.0 Å². The molecule has 109 heavy (non-hydrogen) atoms. The largest absolute Gasteiger partial charge is 0.208 e. The summed E-state index contributed by atoms with van der Waals surface area (Å²) in [5.41, 5.74) is 38.5. The molecule has 0 amide bonds. The van der Waals surface area contributed by atoms with Crippen LogP contribution in [-0.2, 0) is 5.41 Å². The van der Waals surface area contributed by atoms with Gasteiger partial charge in [-0.15, -0.1) is 0 Å². The second-order valence-electron chi connectivity index (χ2n) is 28.6. The summed E-state index contributed by atoms with van der Waals surface area (Å²) in [7, 11) is 0. The van der Waals surface area contributed by atoms with E-state index in [1.165, 1.54) is 106 Å². The van der Waals surface area contributed by atoms with E-state index < -0.39 is 5.41 Å². The number of nitrogens with zero attached hydrogens (tertiary/aromatic N) is 3. The molecule has 0 bridgehead atoms. The van der Waals surface area contributed by atoms with Gasteiger partial charge in [0.2, 0.25) is 0 Å². The number of hydrogen-bond acceptors (Lipinski definition) is 3. The second-order valence-corrected chi connectivity index (χ2v) is 28.6. The van der Waals surface area contributed by atoms with Gasteiger partial charge in [0.1, 0.15) is 0 Å². The molecule has 1 aromatic heterocycles. The molecule has 508 valence electrons. The Kier molecular flexibility index (Phi) is 16.1. The van der Waals surface area contributed by atoms with E-state index in [0.717, 1.165) is 77.9 Å². The fraction of sp³-hybridized carbons (Fsp3) is 0.00943. The minimum atomic E-state index is -0.392. The normalized spacial score (nSPS) is 12.1. The zero-order valence-corrected chi connectivity index (χ0v) is 59.7. The Labute approximate surface area is 635 Å². The molecule has 3 nitrogen and oxygen atoms in total. The molecular formula is C106H69N3. The van der Waals surface area contributed by atoms with Crippen LogP contribution in [0.25, 0.3) is 179 Å². The Hall–Kier alpha value is -14.3. The third kappa shape index (κ3) is 11.9. The van der Waals surface area contributed by atoms with Crippen molar-refractivity contribution >= 4 is 0 Å². The predicted molar refractivity (Wildman–Crippen MR) is 452 cm³/mol. The van der Waals surface area contributed by atoms with Crippen LogP contribution in [0.15, 0.2) is 419 Å². The zero-order valence-electron chi connectivity index (χ0n) is 59.7. The van der Waals surface area contributed by atoms with E-state index in [2.05, 4.69) is 419 Å². The molecule has 2 aliphatic carbocycles. The monoisotopic (exact) mass is 1380 g/mol. The van der Waals surface area contributed by atoms with Crippen molar-refractivity contribution in [1.29, 1.82) is 0 Å². The van der Waals surface area contributed by atoms with E-state index in [4.69, 9.17) is 15.0 Å². The molecular weight excluding hydrogens is 1320 g/mol. The van der Waals surface area contributed by atoms with E-state index in [9.17, 15) is 0 Å². The van der Waals surface area contributed by atoms with E-state index >= 15 is 0 Å². The van der Waals surface area contributed by atoms with Crippen molar-refractivity contribution in [3.63, 3.8) is 0 Å². The Bertz CT molecular complexity index is 6450. The van der Waals surface area contributed by atoms with Gasteiger partial charge < -0.3 is 0 Å². The third-order valence-corrected chi connectivity index (χ3v) is 22.2. The van der Waals surface area contributed by atoms with Gasteiger partial charge in [-0.3, -0.25) is 0 Å². The lowest BCUT2D eigenvalue weighted by molar-refractivity contribution is 0.794. The molecule has 20 rings (SSSR count). The van der Waals surface area contributed by atoms with Crippen LogP contribution in [0, 0.1) is 0 Å². The van der Waals surface area contributed by atoms with Crippen molar-refractivity contribution in [2.24, 2.45) is 0 Å². The Balaban J connectivity index is 0.570. The molecule has 0 N–H and O–H groups in total. The molecule has 1 heterocycles. The number of rotatable bonds is 14. The molecule has 3 heteroatoms. The maximum Gasteiger partial charge on any atom is 0.164 e. The van der Waals surface area contributed by atoms with Gasteiger partial charge in [-0.2, -0.15) is 0 Å². The number of fused-ring (bicyclic) bond motifs is 10. The summed E-state index contributed by atoms with van der Waals surface area (Å²) >= 11 is 0. The van der Waals surface area contributed by atoms with Crippen LogP contribution >= 0.6 is 0 Å². The van der Waals surface area contributed by atoms with Crippen molar-refractivity contribution in [2.45, 2.75) is 5.41 Å². The van der Waals surface area contributed by atoms with Crippen LogP contribution in [-0.4, -0.2) is 15.0 Å². The summed E-state index contributed by atoms with van der Waals surface area (Å²) in [6.45, 7) is 0. The lowest BCUT2D eigenvalue weighted by Gasteiger charge is -2.30. The van der Waals surface area contributed by atoms with Gasteiger partial charge in [-0.1, -0.05) is 364 Å². The van der Waals surface area contributed by atoms with Crippen molar-refractivity contribution < 1.29 is 0 Å². The fourth-order valence-corrected chi connectivity index (χ4v) is 16.8. The molecule has 0 fully saturated rings. The lowest BCUT2D eigenvalue weighted by Crippen LogP contribution is -2.25. The molecule has 0 saturated carbocycles. The summed E-state index contributed by atoms with van der Waals surface area (Å²) in [5.74, 6) is 1.80. The van der Waals surface area contributed by atoms with Gasteiger partial charge in [0.25, 0.3) is 0 Å². The van der Waals surface area contributed by atoms with Crippen LogP contribution in [0.4, 0.5) is 0 Å². The molecule has 0 aliphatic heterocycles. The molecule has 0 atom stereocenters. The van der Waals surface area contributed by atoms with Crippen LogP contribution in [0.2, 0.25) is 0 Å². The Morgan fingerprint density at radius 2 is 0.294 bits per heavy atom. The highest BCUT2D eigenvalue weighted by molar-refractivity contribution is 5.97. The summed E-state index contributed by atoms with van der Waals surface area (Å²) in [4.78, 5) is 15.7. The lowest BCUT2D eigenvalue weighted by atomic mass is 9.70. The molecule has 17 aromatic carbocycles. The highest BCUT2D eigenvalue weighted by Crippen LogP contribution is 2.63. The average molecular weight is 1380 g/mol. The molecule has 1 spiro atoms. The van der Waals surface area contributed by atoms with E-state index in [-0.39, 0.29) is 0 Å². The summed E-state index contributed by atoms with van der Waals surface area (Å²) in [5, 5.41) is 0. The van der Waals surface area contributed by atoms with Crippen molar-refractivity contribution in [1.82, 2.24) is 15.0 Å². The quantitative estimate of drug-likeness (QED) is 0.109. The minimum absolute atomic E-state index is 0.392. The first-order valence-corrected chi connectivity index (χ1v) is 37.4. The first kappa shape index (κ1) is 64.4. The first-order chi connectivity index (χ1) is 53.9. The number of benzene rings is 17. The fourth-order valence-electron chi connectivity index (χ4n) is 16.8. The first-order valence-electron chi connectivity index (χ1n) is 37.4. The standard InChI is InChI=1S/C106H69N3/c1-3-21-70(22-4-1)78-25-13-27-80(61-78)72-47-53-75(54-48-72)103-107-104(76-55-49-73(50-56-76)81-28-15-31-84(63-81)83-30-14-26-79(62-83)71-23-5-2-6-24-71)109-105(108-103)77-57-51-74(52-58-77)82-29-16-32-85(64-82)86-33-17-34-87(65-86)88-35-18-36-89(66-88)90-37-19-38-91(67-90)92-39-20-40-93(68-92)94-59-60-98-97-43-9-12-46-101(97)106(102(98)69-94)99-44-10-7-41-95(99)96-42-8-11-45-100(96)106/h1-69H. The third-order valence-electron chi connectivity index (χ3n) is 22.2. The van der Waals surface area contributed by atoms with Crippen LogP contribution < -0.4 is 0 Å². The van der Waals surface area contributed by atoms with Gasteiger partial charge in [0, 0.05) is 16.7 Å². The second kappa shape index (κ2) is 27.3. The maximum atomic E-state index is 5.24. The topological polar surface area (TPSA) is 38.7 Å². The van der Waals surface area contributed by atoms with Gasteiger partial charge in [-0.05, 0) is 222 Å². The maximum absolute atomic E-state index is 5.24. The van der Waals surface area contributed by atoms with Crippen LogP contribution in [0.1, 0.15) is 22.3 Å². The van der Waals surface area contributed by atoms with E-state index in [1.807, 2.05) is 0 Å². The molecule has 0 saturated heterocycles. The molecule has 0 unspecified atom stereocenters. The predicted octanol–water partition coefficient (Wildman–Crippen LogP) is 27.6. The van der Waals surface area contributed by atoms with Crippen molar-refractivity contribution in [2.75, 3.05) is 0 Å². The minimum Gasteiger partial charge on any atom is -0.208 e. The van der Waals surface area contributed by atoms with E-state index in [0.29, 0.717) is 17.5 Å². The Morgan fingerprint density at radius 1 is 0.119 bits per heavy atom. The number of hydrogen-bond donors (Lipinski definition) is 0. The SMILES string of the molecule is c1ccc(-c2cccc(-c3ccc(-c4nc(-c5ccc(-c6cccc(-c7cccc(-c8ccccc8)c7)c6)cc5)nc(-c5ccc(-c6cccc(-c7cccc(-c8cccc(-c9cccc(-c%10cccc(-c%11ccc%12c(c%11)C%11(c%13ccccc%13-c%13ccccc%13%11)c%11ccccc%11-%12)c%10)c9)c8)c7)c6)cc5)n4)cc3)c2)cc1. The van der Waals surface area contributed by atoms with Gasteiger partial charge in [0.05, 0.1) is 5.41 Å². The summed E-state index contributed by atoms with van der Waals surface area (Å²) in [6.07, 6.45) is 0. The van der Waals surface area contributed by atoms with Gasteiger partial charge >= 0.3 is 0 Å². The Morgan fingerprint density at radius 3 is 0.550 bits per heavy atom. The highest BCUT2D eigenvalue weighted by atomic mass is 15.0. The smallest absolute Gasteiger partial charge is 0.164 e. The highest BCUT2D eigenvalue weighted by Gasteiger charge is 2.51. The molecule has 0 radical (unpaired) electrons. The van der Waals surface area contributed by atoms with Crippen LogP contribution in [0.5, 0.6) is 0 Å². The molecule has 18 aromatic rings. The molecule has 2 aliphatic rings. The van der Waals surface area contributed by atoms with Crippen molar-refractivity contribution in [3.05, 3.63) is 441 Å². The number of aromatic nitrogens is 3.